The van der Waals surface area contributed by atoms with Crippen LogP contribution in [0.1, 0.15) is 43.3 Å². The van der Waals surface area contributed by atoms with E-state index in [0.29, 0.717) is 13.1 Å². The summed E-state index contributed by atoms with van der Waals surface area (Å²) < 4.78 is 12.8. The summed E-state index contributed by atoms with van der Waals surface area (Å²) in [5.74, 6) is 2.45. The van der Waals surface area contributed by atoms with Crippen molar-refractivity contribution in [3.05, 3.63) is 40.7 Å². The van der Waals surface area contributed by atoms with E-state index in [-0.39, 0.29) is 24.0 Å². The molecule has 0 spiro atoms. The van der Waals surface area contributed by atoms with Crippen molar-refractivity contribution >= 4 is 29.9 Å². The zero-order chi connectivity index (χ0) is 21.4. The molecule has 0 aliphatic heterocycles. The lowest BCUT2D eigenvalue weighted by molar-refractivity contribution is 0.382. The minimum atomic E-state index is 0. The van der Waals surface area contributed by atoms with Gasteiger partial charge in [-0.15, -0.1) is 24.0 Å². The summed E-state index contributed by atoms with van der Waals surface area (Å²) in [5, 5.41) is 8.06. The minimum absolute atomic E-state index is 0. The Hall–Kier alpha value is -1.97. The molecule has 7 nitrogen and oxygen atoms in total. The average molecular weight is 529 g/mol. The number of benzene rings is 1. The number of rotatable bonds is 9. The number of aliphatic imine (C=N–C) groups is 1. The van der Waals surface area contributed by atoms with Crippen molar-refractivity contribution in [3.63, 3.8) is 0 Å². The van der Waals surface area contributed by atoms with Crippen molar-refractivity contribution in [2.75, 3.05) is 27.8 Å². The standard InChI is InChI=1S/C22H35N5O2.HI/c1-8-19-18(20(9-2)27(5)25-19)14-24-22(23-10-3)26(4)15-16-11-12-17(28-6)13-21(16)29-7;/h11-13H,8-10,14-15H2,1-7H3,(H,23,24);1H. The Morgan fingerprint density at radius 1 is 1.17 bits per heavy atom. The topological polar surface area (TPSA) is 63.9 Å². The Morgan fingerprint density at radius 2 is 1.90 bits per heavy atom. The van der Waals surface area contributed by atoms with Gasteiger partial charge in [-0.1, -0.05) is 13.8 Å². The molecule has 1 aromatic heterocycles. The molecule has 0 saturated heterocycles. The number of aromatic nitrogens is 2. The van der Waals surface area contributed by atoms with Gasteiger partial charge < -0.3 is 19.7 Å². The number of halogens is 1. The Labute approximate surface area is 197 Å². The van der Waals surface area contributed by atoms with Crippen LogP contribution in [0, 0.1) is 0 Å². The molecule has 1 aromatic carbocycles. The van der Waals surface area contributed by atoms with Gasteiger partial charge in [-0.25, -0.2) is 4.99 Å². The predicted octanol–water partition coefficient (Wildman–Crippen LogP) is 3.78. The monoisotopic (exact) mass is 529 g/mol. The van der Waals surface area contributed by atoms with Crippen LogP contribution in [0.5, 0.6) is 11.5 Å². The van der Waals surface area contributed by atoms with Crippen LogP contribution >= 0.6 is 24.0 Å². The predicted molar refractivity (Wildman–Crippen MR) is 133 cm³/mol. The van der Waals surface area contributed by atoms with E-state index < -0.39 is 0 Å². The van der Waals surface area contributed by atoms with Crippen LogP contribution in [0.2, 0.25) is 0 Å². The second kappa shape index (κ2) is 12.7. The average Bonchev–Trinajstić information content (AvgIpc) is 3.05. The summed E-state index contributed by atoms with van der Waals surface area (Å²) in [7, 11) is 7.39. The van der Waals surface area contributed by atoms with Gasteiger partial charge in [0.25, 0.3) is 0 Å². The molecule has 168 valence electrons. The summed E-state index contributed by atoms with van der Waals surface area (Å²) in [6, 6.07) is 5.89. The molecule has 0 saturated carbocycles. The second-order valence-electron chi connectivity index (χ2n) is 6.91. The molecule has 0 aliphatic carbocycles. The second-order valence-corrected chi connectivity index (χ2v) is 6.91. The van der Waals surface area contributed by atoms with Crippen molar-refractivity contribution in [1.29, 1.82) is 0 Å². The summed E-state index contributed by atoms with van der Waals surface area (Å²) >= 11 is 0. The van der Waals surface area contributed by atoms with E-state index in [0.717, 1.165) is 48.1 Å². The van der Waals surface area contributed by atoms with Crippen molar-refractivity contribution in [3.8, 4) is 11.5 Å². The summed E-state index contributed by atoms with van der Waals surface area (Å²) in [6.45, 7) is 8.48. The number of aryl methyl sites for hydroxylation is 2. The number of guanidine groups is 1. The summed E-state index contributed by atoms with van der Waals surface area (Å²) in [6.07, 6.45) is 1.86. The smallest absolute Gasteiger partial charge is 0.194 e. The van der Waals surface area contributed by atoms with Crippen molar-refractivity contribution in [2.24, 2.45) is 12.0 Å². The normalized spacial score (nSPS) is 11.1. The van der Waals surface area contributed by atoms with Gasteiger partial charge in [0.1, 0.15) is 11.5 Å². The molecule has 0 amide bonds. The third-order valence-electron chi connectivity index (χ3n) is 5.01. The largest absolute Gasteiger partial charge is 0.497 e. The number of hydrogen-bond donors (Lipinski definition) is 1. The Kier molecular flexibility index (Phi) is 11.0. The van der Waals surface area contributed by atoms with E-state index in [1.807, 2.05) is 37.0 Å². The lowest BCUT2D eigenvalue weighted by Gasteiger charge is -2.23. The van der Waals surface area contributed by atoms with Gasteiger partial charge in [0, 0.05) is 50.1 Å². The number of hydrogen-bond acceptors (Lipinski definition) is 4. The van der Waals surface area contributed by atoms with E-state index in [1.54, 1.807) is 14.2 Å². The third kappa shape index (κ3) is 6.26. The maximum atomic E-state index is 5.54. The quantitative estimate of drug-likeness (QED) is 0.305. The minimum Gasteiger partial charge on any atom is -0.497 e. The highest BCUT2D eigenvalue weighted by atomic mass is 127. The van der Waals surface area contributed by atoms with Crippen molar-refractivity contribution in [2.45, 2.75) is 46.7 Å². The molecule has 1 heterocycles. The van der Waals surface area contributed by atoms with Gasteiger partial charge in [-0.05, 0) is 31.9 Å². The van der Waals surface area contributed by atoms with E-state index in [9.17, 15) is 0 Å². The molecule has 0 unspecified atom stereocenters. The lowest BCUT2D eigenvalue weighted by atomic mass is 10.1. The highest BCUT2D eigenvalue weighted by Crippen LogP contribution is 2.25. The number of methoxy groups -OCH3 is 2. The van der Waals surface area contributed by atoms with Gasteiger partial charge >= 0.3 is 0 Å². The molecule has 0 aliphatic rings. The van der Waals surface area contributed by atoms with Crippen LogP contribution in [-0.4, -0.2) is 48.5 Å². The van der Waals surface area contributed by atoms with E-state index >= 15 is 0 Å². The number of nitrogens with zero attached hydrogens (tertiary/aromatic N) is 4. The van der Waals surface area contributed by atoms with Crippen molar-refractivity contribution in [1.82, 2.24) is 20.0 Å². The molecule has 0 radical (unpaired) electrons. The highest BCUT2D eigenvalue weighted by molar-refractivity contribution is 14.0. The molecule has 0 atom stereocenters. The SMILES string of the molecule is CCNC(=NCc1c(CC)nn(C)c1CC)N(C)Cc1ccc(OC)cc1OC.I. The molecular formula is C22H36IN5O2. The number of ether oxygens (including phenoxy) is 2. The van der Waals surface area contributed by atoms with Crippen LogP contribution in [0.15, 0.2) is 23.2 Å². The molecule has 1 N–H and O–H groups in total. The molecule has 30 heavy (non-hydrogen) atoms. The van der Waals surface area contributed by atoms with Crippen molar-refractivity contribution < 1.29 is 9.47 Å². The number of nitrogens with one attached hydrogen (secondary N) is 1. The van der Waals surface area contributed by atoms with Crippen LogP contribution in [-0.2, 0) is 33.0 Å². The zero-order valence-electron chi connectivity index (χ0n) is 19.3. The third-order valence-corrected chi connectivity index (χ3v) is 5.01. The fraction of sp³-hybridized carbons (Fsp3) is 0.545. The summed E-state index contributed by atoms with van der Waals surface area (Å²) in [4.78, 5) is 7.02. The summed E-state index contributed by atoms with van der Waals surface area (Å²) in [5.41, 5.74) is 4.69. The first kappa shape index (κ1) is 26.1. The van der Waals surface area contributed by atoms with Gasteiger partial charge in [0.2, 0.25) is 0 Å². The highest BCUT2D eigenvalue weighted by Gasteiger charge is 2.15. The van der Waals surface area contributed by atoms with E-state index in [1.165, 1.54) is 11.3 Å². The van der Waals surface area contributed by atoms with Gasteiger partial charge in [-0.2, -0.15) is 5.10 Å². The Bertz CT molecular complexity index is 835. The van der Waals surface area contributed by atoms with Crippen LogP contribution in [0.4, 0.5) is 0 Å². The molecule has 0 bridgehead atoms. The Morgan fingerprint density at radius 3 is 2.47 bits per heavy atom. The zero-order valence-corrected chi connectivity index (χ0v) is 21.6. The van der Waals surface area contributed by atoms with Gasteiger partial charge in [-0.3, -0.25) is 4.68 Å². The molecule has 0 fully saturated rings. The fourth-order valence-corrected chi connectivity index (χ4v) is 3.51. The van der Waals surface area contributed by atoms with Crippen LogP contribution in [0.3, 0.4) is 0 Å². The van der Waals surface area contributed by atoms with E-state index in [2.05, 4.69) is 36.1 Å². The maximum Gasteiger partial charge on any atom is 0.194 e. The fourth-order valence-electron chi connectivity index (χ4n) is 3.51. The van der Waals surface area contributed by atoms with Crippen LogP contribution < -0.4 is 14.8 Å². The van der Waals surface area contributed by atoms with Crippen LogP contribution in [0.25, 0.3) is 0 Å². The molecular weight excluding hydrogens is 493 g/mol. The lowest BCUT2D eigenvalue weighted by Crippen LogP contribution is -2.38. The molecule has 2 aromatic rings. The molecule has 2 rings (SSSR count). The molecule has 8 heteroatoms. The Balaban J connectivity index is 0.00000450. The first-order valence-corrected chi connectivity index (χ1v) is 10.2. The van der Waals surface area contributed by atoms with E-state index in [4.69, 9.17) is 14.5 Å². The maximum absolute atomic E-state index is 5.54. The van der Waals surface area contributed by atoms with Gasteiger partial charge in [0.15, 0.2) is 5.96 Å². The first-order valence-electron chi connectivity index (χ1n) is 10.2. The first-order chi connectivity index (χ1) is 14.0. The van der Waals surface area contributed by atoms with Gasteiger partial charge in [0.05, 0.1) is 26.5 Å².